The minimum Gasteiger partial charge on any atom is -0.493 e. The molecule has 0 spiro atoms. The smallest absolute Gasteiger partial charge is 0.340 e. The Morgan fingerprint density at radius 1 is 1.21 bits per heavy atom. The van der Waals surface area contributed by atoms with Gasteiger partial charge in [-0.2, -0.15) is 9.46 Å². The fourth-order valence-electron chi connectivity index (χ4n) is 3.03. The first-order chi connectivity index (χ1) is 13.3. The minimum atomic E-state index is -2.59. The first-order valence-corrected chi connectivity index (χ1v) is 10.9. The summed E-state index contributed by atoms with van der Waals surface area (Å²) < 4.78 is 23.3. The third kappa shape index (κ3) is 3.77. The van der Waals surface area contributed by atoms with Gasteiger partial charge in [-0.05, 0) is 25.0 Å². The van der Waals surface area contributed by atoms with Crippen LogP contribution >= 0.6 is 11.6 Å². The lowest BCUT2D eigenvalue weighted by Gasteiger charge is -2.17. The summed E-state index contributed by atoms with van der Waals surface area (Å²) in [5.74, 6) is -0.767. The van der Waals surface area contributed by atoms with Gasteiger partial charge >= 0.3 is 5.97 Å². The number of rotatable bonds is 4. The highest BCUT2D eigenvalue weighted by atomic mass is 35.5. The van der Waals surface area contributed by atoms with Gasteiger partial charge in [-0.25, -0.2) is 13.7 Å². The molecule has 1 aliphatic heterocycles. The molecule has 0 amide bonds. The molecule has 10 heteroatoms. The maximum Gasteiger partial charge on any atom is 0.340 e. The molecule has 1 fully saturated rings. The summed E-state index contributed by atoms with van der Waals surface area (Å²) in [6.45, 7) is 0. The molecule has 3 rings (SSSR count). The minimum absolute atomic E-state index is 0.0188. The predicted molar refractivity (Wildman–Crippen MR) is 105 cm³/mol. The molecular weight excluding hydrogens is 406 g/mol. The van der Waals surface area contributed by atoms with Crippen LogP contribution in [0.1, 0.15) is 45.5 Å². The molecule has 28 heavy (non-hydrogen) atoms. The number of hydrogen-bond donors (Lipinski definition) is 1. The van der Waals surface area contributed by atoms with Crippen LogP contribution in [0.3, 0.4) is 0 Å². The zero-order valence-corrected chi connectivity index (χ0v) is 17.0. The summed E-state index contributed by atoms with van der Waals surface area (Å²) in [5.41, 5.74) is 0.000557. The number of halogens is 1. The second-order valence-corrected chi connectivity index (χ2v) is 9.40. The van der Waals surface area contributed by atoms with Crippen molar-refractivity contribution >= 4 is 38.8 Å². The van der Waals surface area contributed by atoms with Gasteiger partial charge in [0.15, 0.2) is 0 Å². The number of esters is 1. The van der Waals surface area contributed by atoms with Crippen molar-refractivity contribution in [3.8, 4) is 5.88 Å². The molecule has 0 bridgehead atoms. The summed E-state index contributed by atoms with van der Waals surface area (Å²) in [6.07, 6.45) is 3.74. The van der Waals surface area contributed by atoms with E-state index in [0.717, 1.165) is 23.9 Å². The number of aryl methyl sites for hydroxylation is 1. The van der Waals surface area contributed by atoms with Crippen LogP contribution in [0.2, 0.25) is 5.02 Å². The van der Waals surface area contributed by atoms with E-state index in [0.29, 0.717) is 11.5 Å². The molecule has 150 valence electrons. The Labute approximate surface area is 167 Å². The molecule has 0 aliphatic carbocycles. The molecule has 2 heterocycles. The Balaban J connectivity index is 2.18. The number of carbonyl (C=O) groups excluding carboxylic acids is 2. The SMILES string of the molecule is COC(=O)c1ccc(C(=O)c2cnn(C)c2O)c(Cl)c1N=S1(=O)CCCCC1. The normalized spacial score (nSPS) is 15.8. The number of aromatic hydroxyl groups is 1. The molecular formula is C18H20ClN3O5S. The largest absolute Gasteiger partial charge is 0.493 e. The standard InChI is InChI=1S/C18H20ClN3O5S/c1-22-17(24)13(10-20-22)16(23)11-6-7-12(18(25)27-2)15(14(11)19)21-28(26)8-4-3-5-9-28/h6-7,10,24H,3-5,8-9H2,1-2H3. The number of nitrogens with zero attached hydrogens (tertiary/aromatic N) is 3. The van der Waals surface area contributed by atoms with Gasteiger partial charge in [0.25, 0.3) is 0 Å². The fourth-order valence-corrected chi connectivity index (χ4v) is 5.59. The monoisotopic (exact) mass is 425 g/mol. The number of carbonyl (C=O) groups is 2. The van der Waals surface area contributed by atoms with E-state index >= 15 is 0 Å². The molecule has 0 saturated carbocycles. The van der Waals surface area contributed by atoms with E-state index < -0.39 is 21.5 Å². The molecule has 0 atom stereocenters. The summed E-state index contributed by atoms with van der Waals surface area (Å²) in [5, 5.41) is 13.7. The highest BCUT2D eigenvalue weighted by molar-refractivity contribution is 7.93. The summed E-state index contributed by atoms with van der Waals surface area (Å²) >= 11 is 6.44. The lowest BCUT2D eigenvalue weighted by molar-refractivity contribution is 0.0601. The van der Waals surface area contributed by atoms with Crippen molar-refractivity contribution in [3.63, 3.8) is 0 Å². The average Bonchev–Trinajstić information content (AvgIpc) is 3.01. The topological polar surface area (TPSA) is 111 Å². The van der Waals surface area contributed by atoms with Crippen molar-refractivity contribution in [2.24, 2.45) is 11.4 Å². The molecule has 1 aromatic heterocycles. The first-order valence-electron chi connectivity index (χ1n) is 8.66. The Morgan fingerprint density at radius 2 is 1.86 bits per heavy atom. The summed E-state index contributed by atoms with van der Waals surface area (Å²) in [6, 6.07) is 2.72. The molecule has 1 N–H and O–H groups in total. The third-order valence-electron chi connectivity index (χ3n) is 4.60. The van der Waals surface area contributed by atoms with Crippen molar-refractivity contribution in [2.45, 2.75) is 19.3 Å². The summed E-state index contributed by atoms with van der Waals surface area (Å²) in [7, 11) is 0.119. The van der Waals surface area contributed by atoms with Gasteiger partial charge in [0.2, 0.25) is 11.7 Å². The fraction of sp³-hybridized carbons (Fsp3) is 0.389. The van der Waals surface area contributed by atoms with E-state index in [1.54, 1.807) is 0 Å². The number of ether oxygens (including phenoxy) is 1. The van der Waals surface area contributed by atoms with Crippen LogP contribution in [0.5, 0.6) is 5.88 Å². The number of methoxy groups -OCH3 is 1. The second-order valence-electron chi connectivity index (χ2n) is 6.48. The number of aromatic nitrogens is 2. The lowest BCUT2D eigenvalue weighted by atomic mass is 10.0. The highest BCUT2D eigenvalue weighted by Gasteiger charge is 2.26. The van der Waals surface area contributed by atoms with Crippen LogP contribution in [0.25, 0.3) is 0 Å². The second kappa shape index (κ2) is 7.92. The number of benzene rings is 1. The van der Waals surface area contributed by atoms with Crippen LogP contribution in [0.15, 0.2) is 22.7 Å². The molecule has 1 aliphatic rings. The van der Waals surface area contributed by atoms with Crippen LogP contribution in [0, 0.1) is 0 Å². The van der Waals surface area contributed by atoms with Gasteiger partial charge in [0, 0.05) is 24.1 Å². The van der Waals surface area contributed by atoms with Crippen molar-refractivity contribution in [1.29, 1.82) is 0 Å². The van der Waals surface area contributed by atoms with Gasteiger partial charge in [0.05, 0.1) is 33.6 Å². The number of hydrogen-bond acceptors (Lipinski definition) is 7. The molecule has 0 radical (unpaired) electrons. The Hall–Kier alpha value is -2.39. The van der Waals surface area contributed by atoms with Crippen molar-refractivity contribution < 1.29 is 23.6 Å². The molecule has 1 aromatic carbocycles. The molecule has 8 nitrogen and oxygen atoms in total. The third-order valence-corrected chi connectivity index (χ3v) is 7.35. The summed E-state index contributed by atoms with van der Waals surface area (Å²) in [4.78, 5) is 25.0. The van der Waals surface area contributed by atoms with Gasteiger partial charge in [-0.3, -0.25) is 4.79 Å². The van der Waals surface area contributed by atoms with Crippen molar-refractivity contribution in [1.82, 2.24) is 9.78 Å². The van der Waals surface area contributed by atoms with Gasteiger partial charge in [0.1, 0.15) is 11.3 Å². The highest BCUT2D eigenvalue weighted by Crippen LogP contribution is 2.37. The van der Waals surface area contributed by atoms with Gasteiger partial charge in [-0.15, -0.1) is 0 Å². The van der Waals surface area contributed by atoms with Crippen molar-refractivity contribution in [2.75, 3.05) is 18.6 Å². The Morgan fingerprint density at radius 3 is 2.43 bits per heavy atom. The predicted octanol–water partition coefficient (Wildman–Crippen LogP) is 3.08. The number of ketones is 1. The van der Waals surface area contributed by atoms with E-state index in [-0.39, 0.29) is 33.3 Å². The quantitative estimate of drug-likeness (QED) is 0.595. The van der Waals surface area contributed by atoms with Gasteiger partial charge in [-0.1, -0.05) is 18.0 Å². The zero-order chi connectivity index (χ0) is 20.5. The molecule has 0 unspecified atom stereocenters. The zero-order valence-electron chi connectivity index (χ0n) is 15.5. The van der Waals surface area contributed by atoms with Crippen LogP contribution in [0.4, 0.5) is 5.69 Å². The van der Waals surface area contributed by atoms with E-state index in [4.69, 9.17) is 16.3 Å². The van der Waals surface area contributed by atoms with Crippen molar-refractivity contribution in [3.05, 3.63) is 40.0 Å². The maximum absolute atomic E-state index is 13.1. The van der Waals surface area contributed by atoms with Crippen LogP contribution < -0.4 is 0 Å². The van der Waals surface area contributed by atoms with E-state index in [2.05, 4.69) is 9.46 Å². The Kier molecular flexibility index (Phi) is 5.76. The first kappa shape index (κ1) is 20.3. The molecule has 2 aromatic rings. The lowest BCUT2D eigenvalue weighted by Crippen LogP contribution is -2.16. The maximum atomic E-state index is 13.1. The van der Waals surface area contributed by atoms with E-state index in [9.17, 15) is 18.9 Å². The van der Waals surface area contributed by atoms with E-state index in [1.807, 2.05) is 0 Å². The Bertz CT molecular complexity index is 1060. The van der Waals surface area contributed by atoms with E-state index in [1.165, 1.54) is 32.5 Å². The average molecular weight is 426 g/mol. The van der Waals surface area contributed by atoms with Crippen LogP contribution in [-0.4, -0.2) is 49.5 Å². The molecule has 1 saturated heterocycles. The van der Waals surface area contributed by atoms with Crippen LogP contribution in [-0.2, 0) is 21.5 Å². The van der Waals surface area contributed by atoms with Gasteiger partial charge < -0.3 is 9.84 Å².